The van der Waals surface area contributed by atoms with Gasteiger partial charge in [-0.2, -0.15) is 0 Å². The maximum atomic E-state index is 11.5. The summed E-state index contributed by atoms with van der Waals surface area (Å²) in [7, 11) is 1.34. The van der Waals surface area contributed by atoms with Crippen LogP contribution < -0.4 is 5.32 Å². The first-order valence-electron chi connectivity index (χ1n) is 6.07. The van der Waals surface area contributed by atoms with Gasteiger partial charge in [0.05, 0.1) is 13.4 Å². The number of methoxy groups -OCH3 is 1. The highest BCUT2D eigenvalue weighted by Crippen LogP contribution is 2.19. The average molecular weight is 259 g/mol. The molecule has 0 radical (unpaired) electrons. The quantitative estimate of drug-likeness (QED) is 0.856. The van der Waals surface area contributed by atoms with E-state index in [1.807, 2.05) is 19.1 Å². The minimum absolute atomic E-state index is 0.250. The molecule has 0 aliphatic heterocycles. The normalized spacial score (nSPS) is 10.3. The van der Waals surface area contributed by atoms with Crippen molar-refractivity contribution in [2.45, 2.75) is 20.4 Å². The first-order chi connectivity index (χ1) is 9.11. The van der Waals surface area contributed by atoms with Gasteiger partial charge in [-0.1, -0.05) is 17.7 Å². The number of carbonyl (C=O) groups excluding carboxylic acids is 1. The fraction of sp³-hybridized carbons (Fsp3) is 0.267. The largest absolute Gasteiger partial charge is 0.463 e. The molecule has 100 valence electrons. The predicted molar refractivity (Wildman–Crippen MR) is 73.3 cm³/mol. The molecule has 0 bridgehead atoms. The van der Waals surface area contributed by atoms with Crippen LogP contribution >= 0.6 is 0 Å². The number of hydrogen-bond acceptors (Lipinski definition) is 4. The predicted octanol–water partition coefficient (Wildman–Crippen LogP) is 3.30. The highest BCUT2D eigenvalue weighted by Gasteiger charge is 2.15. The molecule has 1 aromatic heterocycles. The number of ether oxygens (including phenoxy) is 1. The zero-order valence-electron chi connectivity index (χ0n) is 11.3. The van der Waals surface area contributed by atoms with Crippen LogP contribution in [0.5, 0.6) is 0 Å². The molecule has 0 saturated heterocycles. The topological polar surface area (TPSA) is 51.5 Å². The van der Waals surface area contributed by atoms with Crippen molar-refractivity contribution in [3.63, 3.8) is 0 Å². The molecule has 4 heteroatoms. The van der Waals surface area contributed by atoms with Crippen LogP contribution in [0.1, 0.15) is 27.2 Å². The molecule has 0 amide bonds. The molecule has 0 spiro atoms. The number of anilines is 1. The first kappa shape index (κ1) is 13.2. The number of furan rings is 1. The van der Waals surface area contributed by atoms with Crippen LogP contribution in [-0.4, -0.2) is 13.1 Å². The minimum Gasteiger partial charge on any atom is -0.463 e. The lowest BCUT2D eigenvalue weighted by Crippen LogP contribution is -2.07. The zero-order chi connectivity index (χ0) is 13.8. The van der Waals surface area contributed by atoms with E-state index in [2.05, 4.69) is 23.0 Å². The molecule has 1 N–H and O–H groups in total. The summed E-state index contributed by atoms with van der Waals surface area (Å²) in [6.07, 6.45) is 1.49. The van der Waals surface area contributed by atoms with Gasteiger partial charge in [-0.3, -0.25) is 0 Å². The fourth-order valence-corrected chi connectivity index (χ4v) is 1.95. The second-order valence-corrected chi connectivity index (χ2v) is 4.44. The Hall–Kier alpha value is -2.23. The molecule has 1 heterocycles. The average Bonchev–Trinajstić information content (AvgIpc) is 2.85. The summed E-state index contributed by atoms with van der Waals surface area (Å²) in [4.78, 5) is 11.5. The minimum atomic E-state index is -0.456. The second-order valence-electron chi connectivity index (χ2n) is 4.44. The SMILES string of the molecule is COC(=O)c1occc1CNc1ccc(C)cc1C. The highest BCUT2D eigenvalue weighted by atomic mass is 16.5. The van der Waals surface area contributed by atoms with Crippen molar-refractivity contribution in [3.05, 3.63) is 53.0 Å². The molecule has 1 aromatic carbocycles. The maximum Gasteiger partial charge on any atom is 0.374 e. The van der Waals surface area contributed by atoms with Crippen molar-refractivity contribution in [1.29, 1.82) is 0 Å². The van der Waals surface area contributed by atoms with E-state index in [0.717, 1.165) is 11.3 Å². The van der Waals surface area contributed by atoms with E-state index in [9.17, 15) is 4.79 Å². The number of rotatable bonds is 4. The van der Waals surface area contributed by atoms with E-state index in [1.54, 1.807) is 6.07 Å². The smallest absolute Gasteiger partial charge is 0.374 e. The summed E-state index contributed by atoms with van der Waals surface area (Å²) in [6.45, 7) is 4.62. The van der Waals surface area contributed by atoms with Crippen molar-refractivity contribution >= 4 is 11.7 Å². The van der Waals surface area contributed by atoms with Crippen molar-refractivity contribution in [2.75, 3.05) is 12.4 Å². The fourth-order valence-electron chi connectivity index (χ4n) is 1.95. The third-order valence-electron chi connectivity index (χ3n) is 2.97. The van der Waals surface area contributed by atoms with Gasteiger partial charge < -0.3 is 14.5 Å². The Balaban J connectivity index is 2.10. The Morgan fingerprint density at radius 2 is 2.11 bits per heavy atom. The van der Waals surface area contributed by atoms with E-state index in [-0.39, 0.29) is 5.76 Å². The van der Waals surface area contributed by atoms with Crippen LogP contribution in [0.15, 0.2) is 34.9 Å². The number of aryl methyl sites for hydroxylation is 2. The van der Waals surface area contributed by atoms with Gasteiger partial charge in [0.25, 0.3) is 0 Å². The maximum absolute atomic E-state index is 11.5. The summed E-state index contributed by atoms with van der Waals surface area (Å²) in [6, 6.07) is 7.95. The van der Waals surface area contributed by atoms with Gasteiger partial charge in [-0.15, -0.1) is 0 Å². The summed E-state index contributed by atoms with van der Waals surface area (Å²) in [5, 5.41) is 3.29. The van der Waals surface area contributed by atoms with Crippen LogP contribution in [-0.2, 0) is 11.3 Å². The van der Waals surface area contributed by atoms with Crippen LogP contribution in [0, 0.1) is 13.8 Å². The number of hydrogen-bond donors (Lipinski definition) is 1. The van der Waals surface area contributed by atoms with Gasteiger partial charge in [0.1, 0.15) is 0 Å². The van der Waals surface area contributed by atoms with Gasteiger partial charge in [-0.25, -0.2) is 4.79 Å². The molecule has 2 rings (SSSR count). The summed E-state index contributed by atoms with van der Waals surface area (Å²) >= 11 is 0. The molecular formula is C15H17NO3. The lowest BCUT2D eigenvalue weighted by Gasteiger charge is -2.10. The number of esters is 1. The highest BCUT2D eigenvalue weighted by molar-refractivity contribution is 5.87. The Morgan fingerprint density at radius 3 is 2.79 bits per heavy atom. The lowest BCUT2D eigenvalue weighted by atomic mass is 10.1. The van der Waals surface area contributed by atoms with Gasteiger partial charge in [0, 0.05) is 17.8 Å². The summed E-state index contributed by atoms with van der Waals surface area (Å²) < 4.78 is 9.81. The third-order valence-corrected chi connectivity index (χ3v) is 2.97. The van der Waals surface area contributed by atoms with E-state index < -0.39 is 5.97 Å². The monoisotopic (exact) mass is 259 g/mol. The van der Waals surface area contributed by atoms with Crippen molar-refractivity contribution in [2.24, 2.45) is 0 Å². The molecule has 0 saturated carbocycles. The van der Waals surface area contributed by atoms with Crippen LogP contribution in [0.2, 0.25) is 0 Å². The van der Waals surface area contributed by atoms with Gasteiger partial charge in [0.15, 0.2) is 0 Å². The first-order valence-corrected chi connectivity index (χ1v) is 6.07. The number of carbonyl (C=O) groups is 1. The molecule has 0 aliphatic rings. The standard InChI is InChI=1S/C15H17NO3/c1-10-4-5-13(11(2)8-10)16-9-12-6-7-19-14(12)15(17)18-3/h4-8,16H,9H2,1-3H3. The van der Waals surface area contributed by atoms with E-state index >= 15 is 0 Å². The van der Waals surface area contributed by atoms with E-state index in [4.69, 9.17) is 4.42 Å². The Kier molecular flexibility index (Phi) is 3.90. The molecule has 4 nitrogen and oxygen atoms in total. The Morgan fingerprint density at radius 1 is 1.32 bits per heavy atom. The Bertz CT molecular complexity index is 587. The Labute approximate surface area is 112 Å². The van der Waals surface area contributed by atoms with Crippen molar-refractivity contribution < 1.29 is 13.9 Å². The molecule has 0 aliphatic carbocycles. The lowest BCUT2D eigenvalue weighted by molar-refractivity contribution is 0.0563. The van der Waals surface area contributed by atoms with Gasteiger partial charge in [-0.05, 0) is 31.5 Å². The van der Waals surface area contributed by atoms with Gasteiger partial charge >= 0.3 is 5.97 Å². The van der Waals surface area contributed by atoms with Crippen LogP contribution in [0.3, 0.4) is 0 Å². The van der Waals surface area contributed by atoms with Crippen molar-refractivity contribution in [1.82, 2.24) is 0 Å². The van der Waals surface area contributed by atoms with E-state index in [0.29, 0.717) is 6.54 Å². The van der Waals surface area contributed by atoms with E-state index in [1.165, 1.54) is 24.5 Å². The molecule has 0 unspecified atom stereocenters. The molecule has 0 atom stereocenters. The molecular weight excluding hydrogens is 242 g/mol. The summed E-state index contributed by atoms with van der Waals surface area (Å²) in [5.41, 5.74) is 4.22. The third kappa shape index (κ3) is 2.96. The summed E-state index contributed by atoms with van der Waals surface area (Å²) in [5.74, 6) is -0.206. The molecule has 2 aromatic rings. The second kappa shape index (κ2) is 5.61. The molecule has 0 fully saturated rings. The van der Waals surface area contributed by atoms with Crippen molar-refractivity contribution in [3.8, 4) is 0 Å². The van der Waals surface area contributed by atoms with Crippen LogP contribution in [0.4, 0.5) is 5.69 Å². The number of benzene rings is 1. The van der Waals surface area contributed by atoms with Gasteiger partial charge in [0.2, 0.25) is 5.76 Å². The zero-order valence-corrected chi connectivity index (χ0v) is 11.3. The molecule has 19 heavy (non-hydrogen) atoms. The van der Waals surface area contributed by atoms with Crippen LogP contribution in [0.25, 0.3) is 0 Å². The number of nitrogens with one attached hydrogen (secondary N) is 1.